The molecule has 0 aliphatic rings. The minimum Gasteiger partial charge on any atom is -0.421 e. The van der Waals surface area contributed by atoms with Crippen LogP contribution in [0, 0.1) is 11.8 Å². The number of nitrogens with zero attached hydrogens (tertiary/aromatic N) is 6. The summed E-state index contributed by atoms with van der Waals surface area (Å²) in [5.74, 6) is 3.79. The van der Waals surface area contributed by atoms with Crippen molar-refractivity contribution in [3.05, 3.63) is 121 Å². The molecule has 47 heavy (non-hydrogen) atoms. The summed E-state index contributed by atoms with van der Waals surface area (Å²) in [5, 5.41) is 4.32. The van der Waals surface area contributed by atoms with Gasteiger partial charge in [0.25, 0.3) is 0 Å². The summed E-state index contributed by atoms with van der Waals surface area (Å²) < 4.78 is 10.8. The molecule has 0 bridgehead atoms. The third kappa shape index (κ3) is 5.27. The van der Waals surface area contributed by atoms with Crippen molar-refractivity contribution in [3.63, 3.8) is 0 Å². The van der Waals surface area contributed by atoms with Gasteiger partial charge in [0.2, 0.25) is 11.8 Å². The first-order valence-corrected chi connectivity index (χ1v) is 16.3. The highest BCUT2D eigenvalue weighted by Gasteiger charge is 2.18. The predicted molar refractivity (Wildman–Crippen MR) is 190 cm³/mol. The molecule has 0 atom stereocenters. The molecule has 6 heterocycles. The highest BCUT2D eigenvalue weighted by atomic mass is 16.5. The van der Waals surface area contributed by atoms with Crippen LogP contribution in [0.4, 0.5) is 0 Å². The molecule has 7 heteroatoms. The van der Waals surface area contributed by atoms with Crippen LogP contribution in [0.15, 0.2) is 110 Å². The Labute approximate surface area is 273 Å². The maximum Gasteiger partial charge on any atom is 0.223 e. The van der Waals surface area contributed by atoms with Gasteiger partial charge in [-0.25, -0.2) is 19.9 Å². The van der Waals surface area contributed by atoms with Gasteiger partial charge in [-0.2, -0.15) is 0 Å². The summed E-state index contributed by atoms with van der Waals surface area (Å²) in [5.41, 5.74) is 6.63. The second-order valence-electron chi connectivity index (χ2n) is 13.1. The van der Waals surface area contributed by atoms with Crippen molar-refractivity contribution in [3.8, 4) is 23.4 Å². The molecule has 2 aromatic carbocycles. The lowest BCUT2D eigenvalue weighted by molar-refractivity contribution is 0.446. The number of rotatable bonds is 8. The van der Waals surface area contributed by atoms with E-state index < -0.39 is 0 Å². The third-order valence-corrected chi connectivity index (χ3v) is 8.64. The fourth-order valence-corrected chi connectivity index (χ4v) is 6.76. The zero-order valence-electron chi connectivity index (χ0n) is 27.1. The van der Waals surface area contributed by atoms with Crippen LogP contribution in [-0.4, -0.2) is 29.1 Å². The van der Waals surface area contributed by atoms with E-state index in [2.05, 4.69) is 110 Å². The molecule has 0 aliphatic carbocycles. The molecule has 0 radical (unpaired) electrons. The van der Waals surface area contributed by atoms with Crippen molar-refractivity contribution in [2.45, 2.75) is 40.5 Å². The SMILES string of the molecule is CC(C)Cc1ccnc(-n2c3ccccc3c3cnc(Oc4cc5c(cn4)c4ccccc4n5-c4cc(CC(C)C)ccn4)cc32)c1. The Bertz CT molecular complexity index is 2250. The van der Waals surface area contributed by atoms with Gasteiger partial charge in [-0.05, 0) is 72.2 Å². The van der Waals surface area contributed by atoms with Gasteiger partial charge >= 0.3 is 0 Å². The molecule has 0 saturated heterocycles. The lowest BCUT2D eigenvalue weighted by Crippen LogP contribution is -2.01. The molecular weight excluding hydrogens is 580 g/mol. The average Bonchev–Trinajstić information content (AvgIpc) is 3.56. The highest BCUT2D eigenvalue weighted by Crippen LogP contribution is 2.36. The summed E-state index contributed by atoms with van der Waals surface area (Å²) in [4.78, 5) is 19.1. The van der Waals surface area contributed by atoms with Crippen LogP contribution in [0.3, 0.4) is 0 Å². The second-order valence-corrected chi connectivity index (χ2v) is 13.1. The van der Waals surface area contributed by atoms with Gasteiger partial charge < -0.3 is 4.74 Å². The van der Waals surface area contributed by atoms with Crippen LogP contribution in [0.5, 0.6) is 11.8 Å². The topological polar surface area (TPSA) is 70.7 Å². The number of para-hydroxylation sites is 2. The minimum absolute atomic E-state index is 0.464. The molecule has 0 aliphatic heterocycles. The number of hydrogen-bond acceptors (Lipinski definition) is 5. The van der Waals surface area contributed by atoms with Crippen LogP contribution >= 0.6 is 0 Å². The first kappa shape index (κ1) is 28.9. The van der Waals surface area contributed by atoms with Gasteiger partial charge in [0.05, 0.1) is 22.1 Å². The van der Waals surface area contributed by atoms with E-state index in [1.165, 1.54) is 11.1 Å². The Kier molecular flexibility index (Phi) is 7.17. The van der Waals surface area contributed by atoms with Crippen LogP contribution in [0.25, 0.3) is 55.2 Å². The number of benzene rings is 2. The fraction of sp³-hybridized carbons (Fsp3) is 0.200. The van der Waals surface area contributed by atoms with Crippen molar-refractivity contribution in [2.24, 2.45) is 11.8 Å². The lowest BCUT2D eigenvalue weighted by atomic mass is 10.0. The van der Waals surface area contributed by atoms with Crippen molar-refractivity contribution < 1.29 is 4.74 Å². The van der Waals surface area contributed by atoms with E-state index in [0.717, 1.165) is 68.1 Å². The Morgan fingerprint density at radius 1 is 0.511 bits per heavy atom. The van der Waals surface area contributed by atoms with Crippen molar-refractivity contribution >= 4 is 43.6 Å². The van der Waals surface area contributed by atoms with Crippen molar-refractivity contribution in [2.75, 3.05) is 0 Å². The zero-order chi connectivity index (χ0) is 32.1. The molecule has 8 aromatic rings. The van der Waals surface area contributed by atoms with E-state index in [-0.39, 0.29) is 0 Å². The number of hydrogen-bond donors (Lipinski definition) is 0. The number of ether oxygens (including phenoxy) is 1. The Morgan fingerprint density at radius 2 is 0.957 bits per heavy atom. The van der Waals surface area contributed by atoms with E-state index in [1.807, 2.05) is 36.9 Å². The van der Waals surface area contributed by atoms with Crippen LogP contribution in [0.1, 0.15) is 38.8 Å². The fourth-order valence-electron chi connectivity index (χ4n) is 6.76. The van der Waals surface area contributed by atoms with Crippen LogP contribution < -0.4 is 4.74 Å². The van der Waals surface area contributed by atoms with Crippen molar-refractivity contribution in [1.29, 1.82) is 0 Å². The standard InChI is InChI=1S/C40H36N6O/c1-25(2)17-27-13-15-41-37(19-27)45-33-11-7-5-9-29(33)31-23-43-39(21-35(31)45)47-40-22-36-32(24-44-40)30-10-6-8-12-34(30)46(36)38-20-28(14-16-42-38)18-26(3)4/h5-16,19-26H,17-18H2,1-4H3. The molecule has 0 unspecified atom stereocenters. The summed E-state index contributed by atoms with van der Waals surface area (Å²) in [6, 6.07) is 29.3. The van der Waals surface area contributed by atoms with Gasteiger partial charge in [0, 0.05) is 58.5 Å². The van der Waals surface area contributed by atoms with E-state index >= 15 is 0 Å². The number of aromatic nitrogens is 6. The smallest absolute Gasteiger partial charge is 0.223 e. The van der Waals surface area contributed by atoms with Crippen LogP contribution in [-0.2, 0) is 12.8 Å². The highest BCUT2D eigenvalue weighted by molar-refractivity contribution is 6.10. The zero-order valence-corrected chi connectivity index (χ0v) is 27.1. The van der Waals surface area contributed by atoms with Gasteiger partial charge in [-0.1, -0.05) is 64.1 Å². The summed E-state index contributed by atoms with van der Waals surface area (Å²) in [7, 11) is 0. The summed E-state index contributed by atoms with van der Waals surface area (Å²) in [6.45, 7) is 8.95. The molecule has 0 saturated carbocycles. The Hall–Kier alpha value is -5.56. The van der Waals surface area contributed by atoms with Crippen molar-refractivity contribution in [1.82, 2.24) is 29.1 Å². The largest absolute Gasteiger partial charge is 0.421 e. The minimum atomic E-state index is 0.464. The summed E-state index contributed by atoms with van der Waals surface area (Å²) >= 11 is 0. The Balaban J connectivity index is 1.24. The van der Waals surface area contributed by atoms with E-state index in [0.29, 0.717) is 23.6 Å². The van der Waals surface area contributed by atoms with E-state index in [9.17, 15) is 0 Å². The quantitative estimate of drug-likeness (QED) is 0.170. The molecule has 6 aromatic heterocycles. The monoisotopic (exact) mass is 616 g/mol. The third-order valence-electron chi connectivity index (χ3n) is 8.64. The first-order chi connectivity index (χ1) is 22.9. The lowest BCUT2D eigenvalue weighted by Gasteiger charge is -2.11. The normalized spacial score (nSPS) is 12.0. The summed E-state index contributed by atoms with van der Waals surface area (Å²) in [6.07, 6.45) is 9.56. The average molecular weight is 617 g/mol. The molecule has 7 nitrogen and oxygen atoms in total. The first-order valence-electron chi connectivity index (χ1n) is 16.3. The maximum absolute atomic E-state index is 6.43. The molecule has 232 valence electrons. The Morgan fingerprint density at radius 3 is 1.40 bits per heavy atom. The second kappa shape index (κ2) is 11.7. The molecule has 8 rings (SSSR count). The molecule has 0 amide bonds. The van der Waals surface area contributed by atoms with Gasteiger partial charge in [-0.15, -0.1) is 0 Å². The maximum atomic E-state index is 6.43. The predicted octanol–water partition coefficient (Wildman–Crippen LogP) is 9.65. The van der Waals surface area contributed by atoms with E-state index in [1.54, 1.807) is 0 Å². The molecular formula is C40H36N6O. The van der Waals surface area contributed by atoms with Crippen LogP contribution in [0.2, 0.25) is 0 Å². The van der Waals surface area contributed by atoms with Gasteiger partial charge in [-0.3, -0.25) is 9.13 Å². The van der Waals surface area contributed by atoms with Gasteiger partial charge in [0.15, 0.2) is 0 Å². The molecule has 0 spiro atoms. The number of fused-ring (bicyclic) bond motifs is 6. The molecule has 0 N–H and O–H groups in total. The van der Waals surface area contributed by atoms with Gasteiger partial charge in [0.1, 0.15) is 11.6 Å². The number of pyridine rings is 4. The van der Waals surface area contributed by atoms with E-state index in [4.69, 9.17) is 24.7 Å². The molecule has 0 fully saturated rings.